The van der Waals surface area contributed by atoms with Gasteiger partial charge in [0.05, 0.1) is 38.7 Å². The molecule has 2 aromatic carbocycles. The number of hydrogen-bond donors (Lipinski definition) is 0. The average molecular weight is 479 g/mol. The van der Waals surface area contributed by atoms with E-state index in [4.69, 9.17) is 14.2 Å². The van der Waals surface area contributed by atoms with Crippen LogP contribution in [0.15, 0.2) is 36.4 Å². The van der Waals surface area contributed by atoms with Gasteiger partial charge in [-0.2, -0.15) is 4.31 Å². The van der Waals surface area contributed by atoms with E-state index in [1.807, 2.05) is 0 Å². The molecule has 0 bridgehead atoms. The molecule has 2 fully saturated rings. The predicted molar refractivity (Wildman–Crippen MR) is 119 cm³/mol. The zero-order chi connectivity index (χ0) is 23.8. The van der Waals surface area contributed by atoms with Gasteiger partial charge in [-0.15, -0.1) is 0 Å². The minimum Gasteiger partial charge on any atom is -0.493 e. The molecule has 1 amide bonds. The lowest BCUT2D eigenvalue weighted by molar-refractivity contribution is 0.0445. The molecule has 2 saturated heterocycles. The van der Waals surface area contributed by atoms with Crippen molar-refractivity contribution < 1.29 is 31.8 Å². The van der Waals surface area contributed by atoms with Crippen LogP contribution >= 0.6 is 0 Å². The van der Waals surface area contributed by atoms with Crippen LogP contribution in [-0.4, -0.2) is 75.3 Å². The first-order valence-corrected chi connectivity index (χ1v) is 12.2. The number of carbonyl (C=O) groups is 1. The number of amides is 1. The first kappa shape index (κ1) is 23.5. The lowest BCUT2D eigenvalue weighted by atomic mass is 10.1. The lowest BCUT2D eigenvalue weighted by Crippen LogP contribution is -2.45. The maximum absolute atomic E-state index is 13.9. The largest absolute Gasteiger partial charge is 0.493 e. The number of sulfonamides is 1. The summed E-state index contributed by atoms with van der Waals surface area (Å²) in [4.78, 5) is 14.8. The monoisotopic (exact) mass is 478 g/mol. The molecule has 2 aromatic rings. The molecule has 2 atom stereocenters. The normalized spacial score (nSPS) is 22.5. The standard InChI is InChI=1S/C23H27FN2O6S/c1-15-8-16(10-18(24)9-15)12-26-19-13-25(14-22(19)32-6-7-33(26,28)29)23(27)17-4-5-20(30-2)21(11-17)31-3/h4-5,8-11,19,22H,6-7,12-14H2,1-3H3/t19-,22+/m1/s1. The van der Waals surface area contributed by atoms with Gasteiger partial charge < -0.3 is 19.1 Å². The van der Waals surface area contributed by atoms with E-state index in [0.717, 1.165) is 0 Å². The number of benzene rings is 2. The Bertz CT molecular complexity index is 1140. The van der Waals surface area contributed by atoms with Crippen molar-refractivity contribution in [1.82, 2.24) is 9.21 Å². The molecule has 2 aliphatic heterocycles. The number of nitrogens with zero attached hydrogens (tertiary/aromatic N) is 2. The van der Waals surface area contributed by atoms with Gasteiger partial charge >= 0.3 is 0 Å². The molecule has 8 nitrogen and oxygen atoms in total. The molecule has 0 radical (unpaired) electrons. The van der Waals surface area contributed by atoms with Gasteiger partial charge in [0.25, 0.3) is 5.91 Å². The number of carbonyl (C=O) groups excluding carboxylic acids is 1. The van der Waals surface area contributed by atoms with Gasteiger partial charge in [0, 0.05) is 25.2 Å². The number of halogens is 1. The zero-order valence-electron chi connectivity index (χ0n) is 18.8. The van der Waals surface area contributed by atoms with Crippen LogP contribution in [0.2, 0.25) is 0 Å². The van der Waals surface area contributed by atoms with Crippen molar-refractivity contribution in [2.24, 2.45) is 0 Å². The minimum atomic E-state index is -3.66. The molecule has 4 rings (SSSR count). The van der Waals surface area contributed by atoms with Crippen LogP contribution in [0.4, 0.5) is 4.39 Å². The van der Waals surface area contributed by atoms with Gasteiger partial charge in [-0.3, -0.25) is 4.79 Å². The van der Waals surface area contributed by atoms with E-state index in [1.165, 1.54) is 30.7 Å². The molecule has 2 aliphatic rings. The summed E-state index contributed by atoms with van der Waals surface area (Å²) in [6.45, 7) is 2.25. The highest BCUT2D eigenvalue weighted by molar-refractivity contribution is 7.89. The van der Waals surface area contributed by atoms with Gasteiger partial charge in [-0.1, -0.05) is 6.07 Å². The Morgan fingerprint density at radius 1 is 1.12 bits per heavy atom. The van der Waals surface area contributed by atoms with Crippen LogP contribution in [0, 0.1) is 12.7 Å². The highest BCUT2D eigenvalue weighted by Gasteiger charge is 2.45. The van der Waals surface area contributed by atoms with Crippen molar-refractivity contribution in [3.63, 3.8) is 0 Å². The predicted octanol–water partition coefficient (Wildman–Crippen LogP) is 2.21. The third-order valence-corrected chi connectivity index (χ3v) is 7.79. The Morgan fingerprint density at radius 2 is 1.88 bits per heavy atom. The lowest BCUT2D eigenvalue weighted by Gasteiger charge is -2.28. The highest BCUT2D eigenvalue weighted by Crippen LogP contribution is 2.31. The molecule has 0 saturated carbocycles. The number of aryl methyl sites for hydroxylation is 1. The van der Waals surface area contributed by atoms with Crippen LogP contribution in [0.5, 0.6) is 11.5 Å². The molecule has 0 aliphatic carbocycles. The van der Waals surface area contributed by atoms with Crippen LogP contribution in [-0.2, 0) is 21.3 Å². The van der Waals surface area contributed by atoms with E-state index in [0.29, 0.717) is 28.2 Å². The van der Waals surface area contributed by atoms with Crippen LogP contribution in [0.1, 0.15) is 21.5 Å². The Labute approximate surface area is 192 Å². The summed E-state index contributed by atoms with van der Waals surface area (Å²) in [6.07, 6.45) is -0.471. The van der Waals surface area contributed by atoms with E-state index >= 15 is 0 Å². The Morgan fingerprint density at radius 3 is 2.58 bits per heavy atom. The first-order valence-electron chi connectivity index (χ1n) is 10.6. The Hall–Kier alpha value is -2.69. The highest BCUT2D eigenvalue weighted by atomic mass is 32.2. The third kappa shape index (κ3) is 4.83. The van der Waals surface area contributed by atoms with Crippen molar-refractivity contribution in [1.29, 1.82) is 0 Å². The fourth-order valence-electron chi connectivity index (χ4n) is 4.44. The quantitative estimate of drug-likeness (QED) is 0.655. The summed E-state index contributed by atoms with van der Waals surface area (Å²) in [5.41, 5.74) is 1.67. The molecule has 0 unspecified atom stereocenters. The molecule has 33 heavy (non-hydrogen) atoms. The van der Waals surface area contributed by atoms with Crippen molar-refractivity contribution in [2.75, 3.05) is 39.7 Å². The SMILES string of the molecule is COc1ccc(C(=O)N2C[C@@H]3OCCS(=O)(=O)N(Cc4cc(C)cc(F)c4)[C@@H]3C2)cc1OC. The maximum Gasteiger partial charge on any atom is 0.254 e. The Kier molecular flexibility index (Phi) is 6.60. The van der Waals surface area contributed by atoms with Gasteiger partial charge in [0.15, 0.2) is 11.5 Å². The van der Waals surface area contributed by atoms with E-state index in [9.17, 15) is 17.6 Å². The van der Waals surface area contributed by atoms with Crippen molar-refractivity contribution in [2.45, 2.75) is 25.6 Å². The van der Waals surface area contributed by atoms with Gasteiger partial charge in [0.2, 0.25) is 10.0 Å². The van der Waals surface area contributed by atoms with Crippen molar-refractivity contribution >= 4 is 15.9 Å². The summed E-state index contributed by atoms with van der Waals surface area (Å²) in [6, 6.07) is 8.82. The zero-order valence-corrected chi connectivity index (χ0v) is 19.6. The summed E-state index contributed by atoms with van der Waals surface area (Å²) in [5.74, 6) is 0.108. The first-order chi connectivity index (χ1) is 15.7. The summed E-state index contributed by atoms with van der Waals surface area (Å²) >= 11 is 0. The average Bonchev–Trinajstić information content (AvgIpc) is 3.14. The second-order valence-corrected chi connectivity index (χ2v) is 10.3. The van der Waals surface area contributed by atoms with E-state index < -0.39 is 28.0 Å². The smallest absolute Gasteiger partial charge is 0.254 e. The molecular weight excluding hydrogens is 451 g/mol. The second kappa shape index (κ2) is 9.28. The van der Waals surface area contributed by atoms with Gasteiger partial charge in [-0.05, 0) is 48.4 Å². The van der Waals surface area contributed by atoms with Crippen LogP contribution in [0.3, 0.4) is 0 Å². The van der Waals surface area contributed by atoms with Crippen molar-refractivity contribution in [3.05, 3.63) is 58.9 Å². The molecular formula is C23H27FN2O6S. The van der Waals surface area contributed by atoms with E-state index in [1.54, 1.807) is 36.1 Å². The second-order valence-electron chi connectivity index (χ2n) is 8.25. The molecule has 10 heteroatoms. The van der Waals surface area contributed by atoms with Gasteiger partial charge in [-0.25, -0.2) is 12.8 Å². The number of fused-ring (bicyclic) bond motifs is 1. The van der Waals surface area contributed by atoms with Crippen molar-refractivity contribution in [3.8, 4) is 11.5 Å². The van der Waals surface area contributed by atoms with Crippen LogP contribution < -0.4 is 9.47 Å². The molecule has 178 valence electrons. The van der Waals surface area contributed by atoms with Crippen LogP contribution in [0.25, 0.3) is 0 Å². The van der Waals surface area contributed by atoms with Gasteiger partial charge in [0.1, 0.15) is 5.82 Å². The number of likely N-dealkylation sites (tertiary alicyclic amines) is 1. The van der Waals surface area contributed by atoms with E-state index in [2.05, 4.69) is 0 Å². The summed E-state index contributed by atoms with van der Waals surface area (Å²) < 4.78 is 57.7. The Balaban J connectivity index is 1.60. The number of hydrogen-bond acceptors (Lipinski definition) is 6. The minimum absolute atomic E-state index is 0.0177. The summed E-state index contributed by atoms with van der Waals surface area (Å²) in [7, 11) is -0.655. The fraction of sp³-hybridized carbons (Fsp3) is 0.435. The summed E-state index contributed by atoms with van der Waals surface area (Å²) in [5, 5.41) is 0. The molecule has 0 N–H and O–H groups in total. The maximum atomic E-state index is 13.9. The number of ether oxygens (including phenoxy) is 3. The molecule has 0 aromatic heterocycles. The van der Waals surface area contributed by atoms with E-state index in [-0.39, 0.29) is 37.9 Å². The fourth-order valence-corrected chi connectivity index (χ4v) is 5.94. The topological polar surface area (TPSA) is 85.4 Å². The number of methoxy groups -OCH3 is 2. The molecule has 2 heterocycles. The molecule has 0 spiro atoms. The third-order valence-electron chi connectivity index (χ3n) is 6.00. The number of rotatable bonds is 5.